The third kappa shape index (κ3) is 5.78. The van der Waals surface area contributed by atoms with E-state index in [1.807, 2.05) is 36.4 Å². The Bertz CT molecular complexity index is 1040. The first kappa shape index (κ1) is 23.6. The van der Waals surface area contributed by atoms with Gasteiger partial charge in [-0.05, 0) is 53.1 Å². The van der Waals surface area contributed by atoms with Crippen molar-refractivity contribution < 1.29 is 13.2 Å². The number of hydrogen-bond donors (Lipinski definition) is 2. The molecule has 0 fully saturated rings. The molecule has 2 N–H and O–H groups in total. The van der Waals surface area contributed by atoms with E-state index in [1.54, 1.807) is 12.1 Å². The minimum atomic E-state index is -4.58. The molecule has 4 nitrogen and oxygen atoms in total. The third-order valence-corrected chi connectivity index (χ3v) is 5.46. The lowest BCUT2D eigenvalue weighted by molar-refractivity contribution is -0.137. The molecule has 0 saturated heterocycles. The molecule has 1 unspecified atom stereocenters. The largest absolute Gasteiger partial charge is 0.421 e. The van der Waals surface area contributed by atoms with Crippen molar-refractivity contribution in [1.82, 2.24) is 9.97 Å². The summed E-state index contributed by atoms with van der Waals surface area (Å²) in [5.41, 5.74) is 2.60. The van der Waals surface area contributed by atoms with Gasteiger partial charge in [0.2, 0.25) is 5.95 Å². The molecule has 3 rings (SSSR count). The molecule has 170 valence electrons. The fourth-order valence-electron chi connectivity index (χ4n) is 3.19. The van der Waals surface area contributed by atoms with Crippen LogP contribution in [0.1, 0.15) is 63.6 Å². The highest BCUT2D eigenvalue weighted by molar-refractivity contribution is 5.63. The number of halogens is 3. The van der Waals surface area contributed by atoms with Gasteiger partial charge in [-0.1, -0.05) is 58.9 Å². The Balaban J connectivity index is 1.87. The Hall–Kier alpha value is -3.09. The van der Waals surface area contributed by atoms with E-state index in [4.69, 9.17) is 0 Å². The Kier molecular flexibility index (Phi) is 6.77. The van der Waals surface area contributed by atoms with Crippen molar-refractivity contribution in [3.05, 3.63) is 71.4 Å². The van der Waals surface area contributed by atoms with Crippen molar-refractivity contribution in [3.63, 3.8) is 0 Å². The van der Waals surface area contributed by atoms with Crippen LogP contribution in [0.4, 0.5) is 36.3 Å². The van der Waals surface area contributed by atoms with Crippen LogP contribution in [0, 0.1) is 0 Å². The van der Waals surface area contributed by atoms with Crippen molar-refractivity contribution in [3.8, 4) is 0 Å². The van der Waals surface area contributed by atoms with Crippen LogP contribution < -0.4 is 10.6 Å². The maximum atomic E-state index is 13.5. The van der Waals surface area contributed by atoms with E-state index in [1.165, 1.54) is 0 Å². The van der Waals surface area contributed by atoms with Crippen molar-refractivity contribution in [2.75, 3.05) is 10.6 Å². The van der Waals surface area contributed by atoms with Gasteiger partial charge in [0.25, 0.3) is 0 Å². The fraction of sp³-hybridized carbons (Fsp3) is 0.360. The lowest BCUT2D eigenvalue weighted by Gasteiger charge is -2.19. The van der Waals surface area contributed by atoms with E-state index >= 15 is 0 Å². The number of benzene rings is 2. The first-order valence-corrected chi connectivity index (χ1v) is 10.7. The molecule has 3 aromatic rings. The predicted molar refractivity (Wildman–Crippen MR) is 124 cm³/mol. The topological polar surface area (TPSA) is 49.8 Å². The second-order valence-electron chi connectivity index (χ2n) is 8.96. The van der Waals surface area contributed by atoms with E-state index in [0.29, 0.717) is 17.3 Å². The second-order valence-corrected chi connectivity index (χ2v) is 8.96. The third-order valence-electron chi connectivity index (χ3n) is 5.46. The zero-order valence-electron chi connectivity index (χ0n) is 19.0. The molecule has 0 aliphatic heterocycles. The maximum absolute atomic E-state index is 13.5. The van der Waals surface area contributed by atoms with Gasteiger partial charge < -0.3 is 10.6 Å². The molecule has 1 atom stereocenters. The van der Waals surface area contributed by atoms with Gasteiger partial charge in [0.05, 0.1) is 0 Å². The van der Waals surface area contributed by atoms with Crippen molar-refractivity contribution in [2.45, 2.75) is 58.5 Å². The zero-order chi connectivity index (χ0) is 23.5. The van der Waals surface area contributed by atoms with E-state index in [9.17, 15) is 13.2 Å². The quantitative estimate of drug-likeness (QED) is 0.409. The molecule has 7 heteroatoms. The van der Waals surface area contributed by atoms with E-state index in [0.717, 1.165) is 23.7 Å². The minimum absolute atomic E-state index is 0.00491. The lowest BCUT2D eigenvalue weighted by Crippen LogP contribution is -2.13. The van der Waals surface area contributed by atoms with Gasteiger partial charge in [-0.2, -0.15) is 18.2 Å². The molecule has 0 amide bonds. The van der Waals surface area contributed by atoms with Crippen LogP contribution in [-0.2, 0) is 11.6 Å². The summed E-state index contributed by atoms with van der Waals surface area (Å²) in [7, 11) is 0. The van der Waals surface area contributed by atoms with Gasteiger partial charge >= 0.3 is 6.18 Å². The Morgan fingerprint density at radius 3 is 1.97 bits per heavy atom. The van der Waals surface area contributed by atoms with Crippen LogP contribution >= 0.6 is 0 Å². The first-order valence-electron chi connectivity index (χ1n) is 10.7. The molecule has 0 aliphatic carbocycles. The van der Waals surface area contributed by atoms with Gasteiger partial charge in [0, 0.05) is 17.6 Å². The number of hydrogen-bond acceptors (Lipinski definition) is 4. The van der Waals surface area contributed by atoms with Gasteiger partial charge in [0.15, 0.2) is 0 Å². The van der Waals surface area contributed by atoms with Crippen molar-refractivity contribution >= 4 is 23.1 Å². The number of anilines is 4. The van der Waals surface area contributed by atoms with E-state index in [2.05, 4.69) is 55.2 Å². The average Bonchev–Trinajstić information content (AvgIpc) is 2.73. The monoisotopic (exact) mass is 442 g/mol. The van der Waals surface area contributed by atoms with Crippen LogP contribution in [0.3, 0.4) is 0 Å². The summed E-state index contributed by atoms with van der Waals surface area (Å²) in [5.74, 6) is 0.173. The molecule has 1 aromatic heterocycles. The maximum Gasteiger partial charge on any atom is 0.421 e. The fourth-order valence-corrected chi connectivity index (χ4v) is 3.19. The summed E-state index contributed by atoms with van der Waals surface area (Å²) in [4.78, 5) is 8.00. The summed E-state index contributed by atoms with van der Waals surface area (Å²) in [6.45, 7) is 10.5. The van der Waals surface area contributed by atoms with Crippen LogP contribution in [0.5, 0.6) is 0 Å². The first-order chi connectivity index (χ1) is 15.0. The standard InChI is InChI=1S/C25H29F3N4/c1-6-16(2)17-7-11-19(12-8-17)30-22-21(25(26,27)28)15-29-23(32-22)31-20-13-9-18(10-14-20)24(3,4)5/h7-16H,6H2,1-5H3,(H2,29,30,31,32). The van der Waals surface area contributed by atoms with Crippen LogP contribution in [0.15, 0.2) is 54.7 Å². The summed E-state index contributed by atoms with van der Waals surface area (Å²) >= 11 is 0. The number of rotatable bonds is 6. The van der Waals surface area contributed by atoms with Gasteiger partial charge in [-0.25, -0.2) is 4.98 Å². The summed E-state index contributed by atoms with van der Waals surface area (Å²) in [5, 5.41) is 5.80. The van der Waals surface area contributed by atoms with Crippen molar-refractivity contribution in [2.24, 2.45) is 0 Å². The number of aromatic nitrogens is 2. The molecule has 0 bridgehead atoms. The number of nitrogens with one attached hydrogen (secondary N) is 2. The summed E-state index contributed by atoms with van der Waals surface area (Å²) in [6.07, 6.45) is -2.79. The lowest BCUT2D eigenvalue weighted by atomic mass is 9.87. The number of nitrogens with zero attached hydrogens (tertiary/aromatic N) is 2. The Morgan fingerprint density at radius 1 is 0.875 bits per heavy atom. The second kappa shape index (κ2) is 9.18. The molecule has 2 aromatic carbocycles. The van der Waals surface area contributed by atoms with Gasteiger partial charge in [-0.3, -0.25) is 0 Å². The summed E-state index contributed by atoms with van der Waals surface area (Å²) < 4.78 is 40.6. The molecule has 0 saturated carbocycles. The highest BCUT2D eigenvalue weighted by Gasteiger charge is 2.35. The molecule has 0 radical (unpaired) electrons. The molecule has 0 spiro atoms. The SMILES string of the molecule is CCC(C)c1ccc(Nc2nc(Nc3ccc(C(C)(C)C)cc3)ncc2C(F)(F)F)cc1. The van der Waals surface area contributed by atoms with Gasteiger partial charge in [0.1, 0.15) is 11.4 Å². The Morgan fingerprint density at radius 2 is 1.44 bits per heavy atom. The van der Waals surface area contributed by atoms with E-state index < -0.39 is 11.7 Å². The average molecular weight is 443 g/mol. The normalized spacial score (nSPS) is 13.0. The molecule has 32 heavy (non-hydrogen) atoms. The van der Waals surface area contributed by atoms with Crippen molar-refractivity contribution in [1.29, 1.82) is 0 Å². The van der Waals surface area contributed by atoms with Gasteiger partial charge in [-0.15, -0.1) is 0 Å². The molecule has 0 aliphatic rings. The van der Waals surface area contributed by atoms with Crippen LogP contribution in [-0.4, -0.2) is 9.97 Å². The molecular weight excluding hydrogens is 413 g/mol. The highest BCUT2D eigenvalue weighted by atomic mass is 19.4. The molecule has 1 heterocycles. The predicted octanol–water partition coefficient (Wildman–Crippen LogP) is 7.79. The molecular formula is C25H29F3N4. The summed E-state index contributed by atoms with van der Waals surface area (Å²) in [6, 6.07) is 15.0. The Labute approximate surface area is 187 Å². The highest BCUT2D eigenvalue weighted by Crippen LogP contribution is 2.35. The minimum Gasteiger partial charge on any atom is -0.340 e. The van der Waals surface area contributed by atoms with Crippen LogP contribution in [0.2, 0.25) is 0 Å². The smallest absolute Gasteiger partial charge is 0.340 e. The van der Waals surface area contributed by atoms with Crippen LogP contribution in [0.25, 0.3) is 0 Å². The number of alkyl halides is 3. The van der Waals surface area contributed by atoms with E-state index in [-0.39, 0.29) is 17.2 Å². The zero-order valence-corrected chi connectivity index (χ0v) is 19.0.